The molecule has 0 atom stereocenters. The van der Waals surface area contributed by atoms with E-state index in [9.17, 15) is 0 Å². The van der Waals surface area contributed by atoms with Crippen LogP contribution in [0.2, 0.25) is 0 Å². The summed E-state index contributed by atoms with van der Waals surface area (Å²) >= 11 is 0. The maximum Gasteiger partial charge on any atom is 0.129 e. The van der Waals surface area contributed by atoms with Crippen molar-refractivity contribution in [3.05, 3.63) is 301 Å². The average Bonchev–Trinajstić information content (AvgIpc) is 3.53. The van der Waals surface area contributed by atoms with Crippen LogP contribution in [0.4, 0.5) is 45.5 Å². The van der Waals surface area contributed by atoms with Gasteiger partial charge in [0, 0.05) is 45.8 Å². The van der Waals surface area contributed by atoms with Crippen LogP contribution in [0, 0.1) is 0 Å². The zero-order chi connectivity index (χ0) is 53.9. The highest BCUT2D eigenvalue weighted by Crippen LogP contribution is 2.45. The van der Waals surface area contributed by atoms with Gasteiger partial charge in [-0.15, -0.1) is 0 Å². The smallest absolute Gasteiger partial charge is 0.129 e. The Bertz CT molecular complexity index is 3810. The van der Waals surface area contributed by atoms with Gasteiger partial charge in [0.15, 0.2) is 0 Å². The molecule has 6 aliphatic heterocycles. The zero-order valence-electron chi connectivity index (χ0n) is 44.8. The van der Waals surface area contributed by atoms with Crippen LogP contribution >= 0.6 is 0 Å². The summed E-state index contributed by atoms with van der Waals surface area (Å²) in [7, 11) is 0. The first kappa shape index (κ1) is 49.0. The van der Waals surface area contributed by atoms with Crippen molar-refractivity contribution in [3.63, 3.8) is 0 Å². The Morgan fingerprint density at radius 3 is 0.889 bits per heavy atom. The third-order valence-electron chi connectivity index (χ3n) is 15.8. The molecule has 6 heterocycles. The minimum Gasteiger partial charge on any atom is -0.457 e. The summed E-state index contributed by atoms with van der Waals surface area (Å²) in [5.74, 6) is 1.42. The van der Waals surface area contributed by atoms with Crippen molar-refractivity contribution in [3.8, 4) is 78.3 Å². The largest absolute Gasteiger partial charge is 0.457 e. The molecule has 12 aromatic carbocycles. The van der Waals surface area contributed by atoms with Crippen molar-refractivity contribution in [2.45, 2.75) is 25.7 Å². The highest BCUT2D eigenvalue weighted by molar-refractivity contribution is 5.97. The molecule has 81 heavy (non-hydrogen) atoms. The summed E-state index contributed by atoms with van der Waals surface area (Å²) in [5.41, 5.74) is 26.3. The van der Waals surface area contributed by atoms with E-state index in [0.29, 0.717) is 11.5 Å². The lowest BCUT2D eigenvalue weighted by Gasteiger charge is -2.21. The molecule has 0 saturated carbocycles. The molecule has 0 unspecified atom stereocenters. The van der Waals surface area contributed by atoms with Crippen LogP contribution in [0.15, 0.2) is 279 Å². The van der Waals surface area contributed by atoms with Crippen molar-refractivity contribution in [2.75, 3.05) is 21.3 Å². The van der Waals surface area contributed by atoms with E-state index in [0.717, 1.165) is 138 Å². The van der Waals surface area contributed by atoms with E-state index in [1.54, 1.807) is 0 Å². The van der Waals surface area contributed by atoms with Crippen molar-refractivity contribution < 1.29 is 4.74 Å². The van der Waals surface area contributed by atoms with Gasteiger partial charge in [-0.2, -0.15) is 0 Å². The van der Waals surface area contributed by atoms with E-state index >= 15 is 0 Å². The predicted molar refractivity (Wildman–Crippen MR) is 339 cm³/mol. The summed E-state index contributed by atoms with van der Waals surface area (Å²) in [6.07, 6.45) is 3.66. The molecule has 0 aromatic heterocycles. The number of para-hydroxylation sites is 2. The topological polar surface area (TPSA) is 57.3 Å². The number of rotatable bonds is 2. The van der Waals surface area contributed by atoms with E-state index in [1.165, 1.54) is 22.3 Å². The number of hydrogen-bond acceptors (Lipinski definition) is 5. The maximum absolute atomic E-state index is 6.73. The second kappa shape index (κ2) is 21.8. The first-order valence-corrected chi connectivity index (χ1v) is 28.0. The lowest BCUT2D eigenvalue weighted by molar-refractivity contribution is 0.483. The van der Waals surface area contributed by atoms with Gasteiger partial charge in [0.25, 0.3) is 0 Å². The zero-order valence-corrected chi connectivity index (χ0v) is 44.8. The molecular formula is C76H58N4O. The van der Waals surface area contributed by atoms with Gasteiger partial charge in [0.1, 0.15) is 11.5 Å². The first-order chi connectivity index (χ1) is 40.0. The Balaban J connectivity index is 0.963. The second-order valence-corrected chi connectivity index (χ2v) is 21.2. The van der Waals surface area contributed by atoms with Crippen LogP contribution in [0.3, 0.4) is 0 Å². The van der Waals surface area contributed by atoms with Crippen LogP contribution in [0.25, 0.3) is 66.8 Å². The molecule has 13 aliphatic rings. The molecule has 7 aliphatic carbocycles. The second-order valence-electron chi connectivity index (χ2n) is 21.2. The van der Waals surface area contributed by atoms with E-state index in [-0.39, 0.29) is 0 Å². The SMILES string of the molecule is c1ccc(-c2ccc3c(c2)Nc2c4cccc2-c2ccc(cc2)CCc2ccc(cc2)-c2cccc(c2Nc2cc(-c5ccccc5)ccc2Nc2cccc(c2)Oc2cccc(c2)N3)-c2ccc(cc2)CCc2ccc-4cc2)cc1. The summed E-state index contributed by atoms with van der Waals surface area (Å²) in [4.78, 5) is 0. The molecule has 0 saturated heterocycles. The fourth-order valence-corrected chi connectivity index (χ4v) is 11.4. The van der Waals surface area contributed by atoms with Crippen LogP contribution in [0.1, 0.15) is 22.3 Å². The molecule has 388 valence electrons. The van der Waals surface area contributed by atoms with Gasteiger partial charge in [-0.1, -0.05) is 218 Å². The van der Waals surface area contributed by atoms with Gasteiger partial charge in [0.2, 0.25) is 0 Å². The number of aryl methyl sites for hydroxylation is 4. The predicted octanol–water partition coefficient (Wildman–Crippen LogP) is 20.7. The van der Waals surface area contributed by atoms with Crippen molar-refractivity contribution in [2.24, 2.45) is 0 Å². The highest BCUT2D eigenvalue weighted by atomic mass is 16.5. The average molecular weight is 1040 g/mol. The lowest BCUT2D eigenvalue weighted by Crippen LogP contribution is -2.02. The minimum absolute atomic E-state index is 0.708. The number of nitrogens with one attached hydrogen (secondary N) is 4. The molecule has 0 amide bonds. The molecule has 0 fully saturated rings. The Morgan fingerprint density at radius 1 is 0.222 bits per heavy atom. The van der Waals surface area contributed by atoms with Crippen LogP contribution in [-0.4, -0.2) is 0 Å². The van der Waals surface area contributed by atoms with E-state index in [2.05, 4.69) is 276 Å². The fraction of sp³-hybridized carbons (Fsp3) is 0.0526. The molecule has 12 aromatic rings. The van der Waals surface area contributed by atoms with E-state index < -0.39 is 0 Å². The monoisotopic (exact) mass is 1040 g/mol. The Hall–Kier alpha value is -10.4. The van der Waals surface area contributed by atoms with Crippen molar-refractivity contribution >= 4 is 45.5 Å². The molecule has 18 bridgehead atoms. The van der Waals surface area contributed by atoms with Gasteiger partial charge in [-0.3, -0.25) is 0 Å². The summed E-state index contributed by atoms with van der Waals surface area (Å²) in [5, 5.41) is 15.8. The molecular weight excluding hydrogens is 985 g/mol. The Morgan fingerprint density at radius 2 is 0.543 bits per heavy atom. The van der Waals surface area contributed by atoms with Gasteiger partial charge in [0.05, 0.1) is 34.1 Å². The highest BCUT2D eigenvalue weighted by Gasteiger charge is 2.19. The van der Waals surface area contributed by atoms with Crippen LogP contribution < -0.4 is 26.0 Å². The third-order valence-corrected chi connectivity index (χ3v) is 15.8. The molecule has 25 rings (SSSR count). The summed E-state index contributed by atoms with van der Waals surface area (Å²) in [6, 6.07) is 101. The fourth-order valence-electron chi connectivity index (χ4n) is 11.4. The maximum atomic E-state index is 6.73. The van der Waals surface area contributed by atoms with Crippen molar-refractivity contribution in [1.29, 1.82) is 0 Å². The van der Waals surface area contributed by atoms with E-state index in [1.807, 2.05) is 24.3 Å². The number of hydrogen-bond donors (Lipinski definition) is 4. The van der Waals surface area contributed by atoms with E-state index in [4.69, 9.17) is 4.74 Å². The Labute approximate surface area is 474 Å². The molecule has 5 heteroatoms. The van der Waals surface area contributed by atoms with Gasteiger partial charge in [-0.05, 0) is 141 Å². The van der Waals surface area contributed by atoms with Crippen molar-refractivity contribution in [1.82, 2.24) is 0 Å². The number of anilines is 8. The normalized spacial score (nSPS) is 12.5. The van der Waals surface area contributed by atoms with Gasteiger partial charge >= 0.3 is 0 Å². The third kappa shape index (κ3) is 10.6. The van der Waals surface area contributed by atoms with Crippen LogP contribution in [0.5, 0.6) is 11.5 Å². The lowest BCUT2D eigenvalue weighted by atomic mass is 9.92. The number of benzene rings is 12. The minimum atomic E-state index is 0.708. The molecule has 0 radical (unpaired) electrons. The first-order valence-electron chi connectivity index (χ1n) is 28.0. The summed E-state index contributed by atoms with van der Waals surface area (Å²) in [6.45, 7) is 0. The molecule has 4 N–H and O–H groups in total. The summed E-state index contributed by atoms with van der Waals surface area (Å²) < 4.78 is 6.73. The molecule has 5 nitrogen and oxygen atoms in total. The van der Waals surface area contributed by atoms with Gasteiger partial charge < -0.3 is 26.0 Å². The number of ether oxygens (including phenoxy) is 1. The molecule has 0 spiro atoms. The van der Waals surface area contributed by atoms with Gasteiger partial charge in [-0.25, -0.2) is 0 Å². The quantitative estimate of drug-likeness (QED) is 0.139. The Kier molecular flexibility index (Phi) is 13.2. The standard InChI is InChI=1S/C76H58N4O/c1-3-11-55(12-4-1)61-43-45-71-73(47-61)79-75-67-19-9-20-68(75)58-37-29-52(30-38-58)24-26-54-33-41-60(42-34-54)70-22-10-21-69(59-39-31-53(32-40-59)25-23-51-27-35-57(67)36-28-51)76(70)80-74-48-62(56-13-5-2-6-14-56)44-46-72(74)78-64-16-8-18-66(50-64)81-65-17-7-15-63(49-65)77-71/h1-22,27-50,77-80H,23-26H2. The van der Waals surface area contributed by atoms with Crippen LogP contribution in [-0.2, 0) is 25.7 Å².